The zero-order valence-corrected chi connectivity index (χ0v) is 14.3. The highest BCUT2D eigenvalue weighted by atomic mass is 35.5. The number of nitrogens with two attached hydrogens (primary N) is 1. The molecule has 1 unspecified atom stereocenters. The van der Waals surface area contributed by atoms with Gasteiger partial charge in [0.1, 0.15) is 0 Å². The van der Waals surface area contributed by atoms with Crippen LogP contribution in [0.5, 0.6) is 0 Å². The molecule has 3 nitrogen and oxygen atoms in total. The van der Waals surface area contributed by atoms with Crippen LogP contribution in [0.4, 0.5) is 5.69 Å². The van der Waals surface area contributed by atoms with E-state index in [1.807, 2.05) is 37.9 Å². The van der Waals surface area contributed by atoms with Gasteiger partial charge in [-0.05, 0) is 49.5 Å². The van der Waals surface area contributed by atoms with Gasteiger partial charge in [-0.25, -0.2) is 0 Å². The average molecular weight is 317 g/mol. The largest absolute Gasteiger partial charge is 0.398 e. The summed E-state index contributed by atoms with van der Waals surface area (Å²) in [5, 5.41) is 0. The topological polar surface area (TPSA) is 46.3 Å². The van der Waals surface area contributed by atoms with Crippen molar-refractivity contribution in [2.75, 3.05) is 24.3 Å². The molecular weight excluding hydrogens is 292 g/mol. The Labute approximate surface area is 132 Å². The van der Waals surface area contributed by atoms with E-state index in [9.17, 15) is 4.79 Å². The lowest BCUT2D eigenvalue weighted by Gasteiger charge is -2.25. The minimum Gasteiger partial charge on any atom is -0.398 e. The number of hydrogen-bond donors (Lipinski definition) is 1. The van der Waals surface area contributed by atoms with Crippen molar-refractivity contribution in [2.45, 2.75) is 33.2 Å². The van der Waals surface area contributed by atoms with E-state index in [0.717, 1.165) is 23.5 Å². The molecule has 1 amide bonds. The van der Waals surface area contributed by atoms with E-state index in [4.69, 9.17) is 5.73 Å². The van der Waals surface area contributed by atoms with E-state index < -0.39 is 0 Å². The van der Waals surface area contributed by atoms with E-state index in [2.05, 4.69) is 13.8 Å². The summed E-state index contributed by atoms with van der Waals surface area (Å²) in [5.41, 5.74) is 8.21. The predicted molar refractivity (Wildman–Crippen MR) is 92.0 cm³/mol. The van der Waals surface area contributed by atoms with Crippen LogP contribution in [0.1, 0.15) is 36.2 Å². The first-order valence-electron chi connectivity index (χ1n) is 6.68. The fraction of sp³-hybridized carbons (Fsp3) is 0.533. The van der Waals surface area contributed by atoms with Crippen LogP contribution in [0.3, 0.4) is 0 Å². The minimum atomic E-state index is 0. The highest BCUT2D eigenvalue weighted by molar-refractivity contribution is 7.99. The average Bonchev–Trinajstić information content (AvgIpc) is 2.40. The normalized spacial score (nSPS) is 11.6. The van der Waals surface area contributed by atoms with Crippen LogP contribution in [0.15, 0.2) is 18.2 Å². The highest BCUT2D eigenvalue weighted by Gasteiger charge is 2.17. The summed E-state index contributed by atoms with van der Waals surface area (Å²) < 4.78 is 0. The number of halogens is 1. The van der Waals surface area contributed by atoms with Gasteiger partial charge in [0, 0.05) is 24.3 Å². The molecular formula is C15H25ClN2OS. The van der Waals surface area contributed by atoms with Crippen molar-refractivity contribution in [2.24, 2.45) is 0 Å². The number of thioether (sulfide) groups is 1. The summed E-state index contributed by atoms with van der Waals surface area (Å²) in [7, 11) is 1.86. The Morgan fingerprint density at radius 3 is 2.65 bits per heavy atom. The number of aryl methyl sites for hydroxylation is 1. The molecule has 0 spiro atoms. The molecule has 0 heterocycles. The van der Waals surface area contributed by atoms with Crippen LogP contribution in [0.2, 0.25) is 0 Å². The first-order valence-corrected chi connectivity index (χ1v) is 7.83. The first-order chi connectivity index (χ1) is 8.97. The lowest BCUT2D eigenvalue weighted by molar-refractivity contribution is 0.0741. The van der Waals surface area contributed by atoms with Crippen molar-refractivity contribution in [1.82, 2.24) is 4.90 Å². The Bertz CT molecular complexity index is 440. The van der Waals surface area contributed by atoms with Gasteiger partial charge in [-0.1, -0.05) is 13.0 Å². The van der Waals surface area contributed by atoms with E-state index in [1.54, 1.807) is 11.0 Å². The maximum absolute atomic E-state index is 12.3. The van der Waals surface area contributed by atoms with Crippen molar-refractivity contribution in [3.8, 4) is 0 Å². The Hall–Kier alpha value is -0.870. The van der Waals surface area contributed by atoms with Crippen LogP contribution in [0.25, 0.3) is 0 Å². The van der Waals surface area contributed by atoms with Crippen LogP contribution < -0.4 is 5.73 Å². The fourth-order valence-electron chi connectivity index (χ4n) is 1.77. The van der Waals surface area contributed by atoms with Crippen LogP contribution in [-0.4, -0.2) is 35.4 Å². The molecule has 0 saturated carbocycles. The maximum atomic E-state index is 12.3. The molecule has 1 rings (SSSR count). The minimum absolute atomic E-state index is 0. The number of rotatable bonds is 6. The molecule has 114 valence electrons. The second kappa shape index (κ2) is 9.14. The molecule has 2 N–H and O–H groups in total. The molecule has 0 aliphatic heterocycles. The quantitative estimate of drug-likeness (QED) is 0.644. The second-order valence-corrected chi connectivity index (χ2v) is 6.22. The number of hydrogen-bond acceptors (Lipinski definition) is 3. The van der Waals surface area contributed by atoms with Crippen molar-refractivity contribution >= 4 is 35.8 Å². The van der Waals surface area contributed by atoms with Gasteiger partial charge in [0.15, 0.2) is 0 Å². The molecule has 0 saturated heterocycles. The van der Waals surface area contributed by atoms with Crippen molar-refractivity contribution in [3.63, 3.8) is 0 Å². The van der Waals surface area contributed by atoms with Gasteiger partial charge in [0.25, 0.3) is 5.91 Å². The van der Waals surface area contributed by atoms with Gasteiger partial charge in [-0.2, -0.15) is 11.8 Å². The van der Waals surface area contributed by atoms with Gasteiger partial charge in [0.2, 0.25) is 0 Å². The lowest BCUT2D eigenvalue weighted by atomic mass is 10.1. The Morgan fingerprint density at radius 2 is 2.10 bits per heavy atom. The van der Waals surface area contributed by atoms with Gasteiger partial charge >= 0.3 is 0 Å². The molecule has 0 fully saturated rings. The molecule has 1 atom stereocenters. The van der Waals surface area contributed by atoms with Gasteiger partial charge in [-0.15, -0.1) is 12.4 Å². The third-order valence-corrected chi connectivity index (χ3v) is 4.32. The number of benzene rings is 1. The zero-order chi connectivity index (χ0) is 14.4. The molecule has 1 aromatic carbocycles. The number of amides is 1. The maximum Gasteiger partial charge on any atom is 0.253 e. The van der Waals surface area contributed by atoms with Crippen molar-refractivity contribution in [3.05, 3.63) is 29.3 Å². The summed E-state index contributed by atoms with van der Waals surface area (Å²) in [6.45, 7) is 6.18. The Balaban J connectivity index is 0.00000361. The van der Waals surface area contributed by atoms with Gasteiger partial charge in [0.05, 0.1) is 0 Å². The fourth-order valence-corrected chi connectivity index (χ4v) is 2.57. The van der Waals surface area contributed by atoms with Crippen LogP contribution >= 0.6 is 24.2 Å². The molecule has 0 radical (unpaired) electrons. The highest BCUT2D eigenvalue weighted by Crippen LogP contribution is 2.16. The molecule has 5 heteroatoms. The van der Waals surface area contributed by atoms with Crippen LogP contribution in [0, 0.1) is 6.92 Å². The summed E-state index contributed by atoms with van der Waals surface area (Å²) in [5.74, 6) is 2.25. The number of carbonyl (C=O) groups is 1. The summed E-state index contributed by atoms with van der Waals surface area (Å²) in [4.78, 5) is 14.2. The van der Waals surface area contributed by atoms with E-state index in [0.29, 0.717) is 11.3 Å². The lowest BCUT2D eigenvalue weighted by Crippen LogP contribution is -2.35. The van der Waals surface area contributed by atoms with Gasteiger partial charge < -0.3 is 10.6 Å². The van der Waals surface area contributed by atoms with E-state index in [1.165, 1.54) is 0 Å². The number of carbonyl (C=O) groups excluding carboxylic acids is 1. The molecule has 0 aliphatic carbocycles. The van der Waals surface area contributed by atoms with Crippen LogP contribution in [-0.2, 0) is 0 Å². The summed E-state index contributed by atoms with van der Waals surface area (Å²) >= 11 is 1.91. The Morgan fingerprint density at radius 1 is 1.45 bits per heavy atom. The monoisotopic (exact) mass is 316 g/mol. The summed E-state index contributed by atoms with van der Waals surface area (Å²) in [6, 6.07) is 5.75. The third-order valence-electron chi connectivity index (χ3n) is 3.39. The van der Waals surface area contributed by atoms with Crippen molar-refractivity contribution < 1.29 is 4.79 Å². The van der Waals surface area contributed by atoms with Gasteiger partial charge in [-0.3, -0.25) is 4.79 Å². The molecule has 1 aromatic rings. The molecule has 0 aromatic heterocycles. The molecule has 0 bridgehead atoms. The Kier molecular flexibility index (Phi) is 8.74. The molecule has 20 heavy (non-hydrogen) atoms. The first kappa shape index (κ1) is 19.1. The molecule has 0 aliphatic rings. The zero-order valence-electron chi connectivity index (χ0n) is 12.7. The standard InChI is InChI=1S/C15H24N2OS.ClH/c1-5-19-9-8-12(3)17(4)15(18)13-7-6-11(2)14(16)10-13;/h6-7,10,12H,5,8-9,16H2,1-4H3;1H. The van der Waals surface area contributed by atoms with E-state index >= 15 is 0 Å². The number of nitrogens with zero attached hydrogens (tertiary/aromatic N) is 1. The predicted octanol–water partition coefficient (Wildman–Crippen LogP) is 3.60. The SMILES string of the molecule is CCSCCC(C)N(C)C(=O)c1ccc(C)c(N)c1.Cl. The smallest absolute Gasteiger partial charge is 0.253 e. The second-order valence-electron chi connectivity index (χ2n) is 4.82. The van der Waals surface area contributed by atoms with Crippen molar-refractivity contribution in [1.29, 1.82) is 0 Å². The summed E-state index contributed by atoms with van der Waals surface area (Å²) in [6.07, 6.45) is 1.02. The van der Waals surface area contributed by atoms with E-state index in [-0.39, 0.29) is 24.4 Å². The number of nitrogen functional groups attached to an aromatic ring is 1. The third kappa shape index (κ3) is 5.25. The number of anilines is 1.